The Labute approximate surface area is 175 Å². The molecular formula is C17H20N6O2S3. The smallest absolute Gasteiger partial charge is 0.231 e. The Morgan fingerprint density at radius 1 is 1.29 bits per heavy atom. The molecule has 0 unspecified atom stereocenters. The van der Waals surface area contributed by atoms with Crippen LogP contribution in [0.25, 0.3) is 0 Å². The molecule has 0 aromatic carbocycles. The number of carbonyl (C=O) groups is 2. The predicted octanol–water partition coefficient (Wildman–Crippen LogP) is 2.56. The lowest BCUT2D eigenvalue weighted by Crippen LogP contribution is -2.28. The van der Waals surface area contributed by atoms with E-state index in [4.69, 9.17) is 12.2 Å². The van der Waals surface area contributed by atoms with Crippen molar-refractivity contribution < 1.29 is 9.59 Å². The van der Waals surface area contributed by atoms with Crippen LogP contribution in [-0.4, -0.2) is 38.1 Å². The van der Waals surface area contributed by atoms with Gasteiger partial charge in [-0.05, 0) is 30.6 Å². The van der Waals surface area contributed by atoms with Crippen LogP contribution in [0.2, 0.25) is 0 Å². The number of nitrogens with zero attached hydrogens (tertiary/aromatic N) is 3. The standard InChI is InChI=1S/C17H20N6O2S3/c1-2-23-13(21-22-17(23)26)5-6-18-14(24)8-11-10-28-16(19-11)20-15(25)9-12-4-3-7-27-12/h3-4,7,10H,2,5-6,8-9H2,1H3,(H,18,24)(H,22,26)(H,19,20,25). The average Bonchev–Trinajstić information content (AvgIpc) is 3.38. The number of aromatic amines is 1. The molecule has 2 amide bonds. The fraction of sp³-hybridized carbons (Fsp3) is 0.353. The van der Waals surface area contributed by atoms with Gasteiger partial charge in [0.05, 0.1) is 18.5 Å². The number of aromatic nitrogens is 4. The van der Waals surface area contributed by atoms with Crippen molar-refractivity contribution in [1.82, 2.24) is 25.1 Å². The Morgan fingerprint density at radius 2 is 2.14 bits per heavy atom. The molecule has 11 heteroatoms. The number of rotatable bonds is 9. The van der Waals surface area contributed by atoms with E-state index in [9.17, 15) is 9.59 Å². The van der Waals surface area contributed by atoms with Gasteiger partial charge in [0.1, 0.15) is 5.82 Å². The first kappa shape index (κ1) is 20.4. The van der Waals surface area contributed by atoms with Crippen LogP contribution in [0.4, 0.5) is 5.13 Å². The fourth-order valence-corrected chi connectivity index (χ4v) is 4.30. The van der Waals surface area contributed by atoms with E-state index < -0.39 is 0 Å². The minimum Gasteiger partial charge on any atom is -0.355 e. The maximum atomic E-state index is 12.1. The number of hydrogen-bond acceptors (Lipinski definition) is 7. The van der Waals surface area contributed by atoms with Crippen molar-refractivity contribution in [2.24, 2.45) is 0 Å². The highest BCUT2D eigenvalue weighted by Crippen LogP contribution is 2.17. The number of hydrogen-bond donors (Lipinski definition) is 3. The fourth-order valence-electron chi connectivity index (χ4n) is 2.59. The number of H-pyrrole nitrogens is 1. The van der Waals surface area contributed by atoms with Gasteiger partial charge in [0, 0.05) is 29.8 Å². The number of thiophene rings is 1. The van der Waals surface area contributed by atoms with E-state index in [2.05, 4.69) is 25.8 Å². The number of carbonyl (C=O) groups excluding carboxylic acids is 2. The van der Waals surface area contributed by atoms with Crippen molar-refractivity contribution in [2.75, 3.05) is 11.9 Å². The molecule has 0 aliphatic carbocycles. The molecule has 0 aliphatic heterocycles. The van der Waals surface area contributed by atoms with Crippen molar-refractivity contribution in [3.8, 4) is 0 Å². The Bertz CT molecular complexity index is 989. The largest absolute Gasteiger partial charge is 0.355 e. The summed E-state index contributed by atoms with van der Waals surface area (Å²) in [5, 5.41) is 16.8. The summed E-state index contributed by atoms with van der Waals surface area (Å²) in [6.45, 7) is 3.19. The van der Waals surface area contributed by atoms with Crippen molar-refractivity contribution in [3.63, 3.8) is 0 Å². The first-order valence-electron chi connectivity index (χ1n) is 8.72. The minimum atomic E-state index is -0.126. The lowest BCUT2D eigenvalue weighted by atomic mass is 10.3. The molecule has 0 atom stereocenters. The van der Waals surface area contributed by atoms with Gasteiger partial charge in [0.2, 0.25) is 11.8 Å². The van der Waals surface area contributed by atoms with Crippen LogP contribution in [0.3, 0.4) is 0 Å². The molecule has 28 heavy (non-hydrogen) atoms. The number of nitrogens with one attached hydrogen (secondary N) is 3. The topological polar surface area (TPSA) is 105 Å². The van der Waals surface area contributed by atoms with E-state index in [1.54, 1.807) is 16.7 Å². The molecule has 0 radical (unpaired) electrons. The zero-order valence-electron chi connectivity index (χ0n) is 15.2. The Morgan fingerprint density at radius 3 is 2.89 bits per heavy atom. The molecular weight excluding hydrogens is 416 g/mol. The number of anilines is 1. The Balaban J connectivity index is 1.43. The SMILES string of the molecule is CCn1c(CCNC(=O)Cc2csc(NC(=O)Cc3cccs3)n2)n[nH]c1=S. The van der Waals surface area contributed by atoms with Gasteiger partial charge in [-0.2, -0.15) is 5.10 Å². The van der Waals surface area contributed by atoms with E-state index in [1.807, 2.05) is 29.0 Å². The highest BCUT2D eigenvalue weighted by atomic mass is 32.1. The Kier molecular flexibility index (Phi) is 7.06. The minimum absolute atomic E-state index is 0.114. The van der Waals surface area contributed by atoms with Gasteiger partial charge < -0.3 is 15.2 Å². The summed E-state index contributed by atoms with van der Waals surface area (Å²) in [5.74, 6) is 0.577. The third-order valence-electron chi connectivity index (χ3n) is 3.88. The maximum Gasteiger partial charge on any atom is 0.231 e. The highest BCUT2D eigenvalue weighted by Gasteiger charge is 2.11. The second kappa shape index (κ2) is 9.71. The van der Waals surface area contributed by atoms with Gasteiger partial charge in [0.15, 0.2) is 9.90 Å². The molecule has 148 valence electrons. The van der Waals surface area contributed by atoms with Crippen molar-refractivity contribution in [1.29, 1.82) is 0 Å². The van der Waals surface area contributed by atoms with E-state index >= 15 is 0 Å². The molecule has 3 rings (SSSR count). The third kappa shape index (κ3) is 5.57. The van der Waals surface area contributed by atoms with Crippen molar-refractivity contribution in [2.45, 2.75) is 32.7 Å². The average molecular weight is 437 g/mol. The maximum absolute atomic E-state index is 12.1. The van der Waals surface area contributed by atoms with Gasteiger partial charge in [-0.3, -0.25) is 14.7 Å². The summed E-state index contributed by atoms with van der Waals surface area (Å²) in [6.07, 6.45) is 1.08. The normalized spacial score (nSPS) is 10.8. The zero-order valence-corrected chi connectivity index (χ0v) is 17.7. The molecule has 3 aromatic rings. The number of amides is 2. The molecule has 0 fully saturated rings. The van der Waals surface area contributed by atoms with Crippen LogP contribution < -0.4 is 10.6 Å². The second-order valence-electron chi connectivity index (χ2n) is 5.91. The van der Waals surface area contributed by atoms with Crippen LogP contribution in [0.5, 0.6) is 0 Å². The van der Waals surface area contributed by atoms with E-state index in [0.29, 0.717) is 35.0 Å². The third-order valence-corrected chi connectivity index (χ3v) is 5.87. The van der Waals surface area contributed by atoms with Crippen molar-refractivity contribution >= 4 is 51.8 Å². The van der Waals surface area contributed by atoms with E-state index in [-0.39, 0.29) is 18.2 Å². The predicted molar refractivity (Wildman–Crippen MR) is 112 cm³/mol. The summed E-state index contributed by atoms with van der Waals surface area (Å²) in [5.41, 5.74) is 0.630. The van der Waals surface area contributed by atoms with Crippen LogP contribution in [0.15, 0.2) is 22.9 Å². The van der Waals surface area contributed by atoms with Crippen molar-refractivity contribution in [3.05, 3.63) is 44.1 Å². The van der Waals surface area contributed by atoms with Crippen LogP contribution >= 0.6 is 34.9 Å². The monoisotopic (exact) mass is 436 g/mol. The molecule has 0 bridgehead atoms. The van der Waals surface area contributed by atoms with Crippen LogP contribution in [0.1, 0.15) is 23.3 Å². The van der Waals surface area contributed by atoms with Gasteiger partial charge in [-0.15, -0.1) is 22.7 Å². The summed E-state index contributed by atoms with van der Waals surface area (Å²) >= 11 is 8.00. The molecule has 3 heterocycles. The second-order valence-corrected chi connectivity index (χ2v) is 8.19. The molecule has 8 nitrogen and oxygen atoms in total. The van der Waals surface area contributed by atoms with Gasteiger partial charge in [-0.25, -0.2) is 4.98 Å². The molecule has 0 aliphatic rings. The Hall–Kier alpha value is -2.37. The van der Waals surface area contributed by atoms with Crippen LogP contribution in [0, 0.1) is 4.77 Å². The first-order chi connectivity index (χ1) is 13.5. The van der Waals surface area contributed by atoms with Gasteiger partial charge in [0.25, 0.3) is 0 Å². The summed E-state index contributed by atoms with van der Waals surface area (Å²) < 4.78 is 2.48. The summed E-state index contributed by atoms with van der Waals surface area (Å²) in [4.78, 5) is 29.4. The lowest BCUT2D eigenvalue weighted by molar-refractivity contribution is -0.120. The molecule has 3 aromatic heterocycles. The lowest BCUT2D eigenvalue weighted by Gasteiger charge is -2.05. The zero-order chi connectivity index (χ0) is 19.9. The highest BCUT2D eigenvalue weighted by molar-refractivity contribution is 7.71. The van der Waals surface area contributed by atoms with Gasteiger partial charge >= 0.3 is 0 Å². The molecule has 0 saturated heterocycles. The number of thiazole rings is 1. The van der Waals surface area contributed by atoms with Crippen LogP contribution in [-0.2, 0) is 35.4 Å². The molecule has 0 spiro atoms. The summed E-state index contributed by atoms with van der Waals surface area (Å²) in [7, 11) is 0. The molecule has 3 N–H and O–H groups in total. The first-order valence-corrected chi connectivity index (χ1v) is 10.9. The molecule has 0 saturated carbocycles. The van der Waals surface area contributed by atoms with E-state index in [1.165, 1.54) is 11.3 Å². The summed E-state index contributed by atoms with van der Waals surface area (Å²) in [6, 6.07) is 3.83. The van der Waals surface area contributed by atoms with E-state index in [0.717, 1.165) is 17.2 Å². The van der Waals surface area contributed by atoms with Gasteiger partial charge in [-0.1, -0.05) is 6.07 Å². The quantitative estimate of drug-likeness (QED) is 0.447.